The van der Waals surface area contributed by atoms with Crippen LogP contribution in [0.2, 0.25) is 0 Å². The highest BCUT2D eigenvalue weighted by Gasteiger charge is 2.47. The van der Waals surface area contributed by atoms with E-state index < -0.39 is 17.7 Å². The Morgan fingerprint density at radius 2 is 1.60 bits per heavy atom. The van der Waals surface area contributed by atoms with Gasteiger partial charge in [0.05, 0.1) is 37.5 Å². The lowest BCUT2D eigenvalue weighted by atomic mass is 9.95. The highest BCUT2D eigenvalue weighted by Crippen LogP contribution is 2.43. The largest absolute Gasteiger partial charge is 0.507 e. The number of methoxy groups -OCH3 is 1. The van der Waals surface area contributed by atoms with Crippen molar-refractivity contribution in [1.29, 1.82) is 0 Å². The van der Waals surface area contributed by atoms with E-state index in [1.807, 2.05) is 13.8 Å². The second-order valence-corrected chi connectivity index (χ2v) is 7.67. The number of ketones is 1. The Morgan fingerprint density at radius 3 is 2.23 bits per heavy atom. The normalized spacial score (nSPS) is 16.9. The van der Waals surface area contributed by atoms with Gasteiger partial charge in [-0.2, -0.15) is 0 Å². The lowest BCUT2D eigenvalue weighted by Gasteiger charge is -2.25. The van der Waals surface area contributed by atoms with E-state index in [0.29, 0.717) is 47.3 Å². The number of pyridine rings is 1. The smallest absolute Gasteiger partial charge is 0.300 e. The number of rotatable bonds is 8. The predicted octanol–water partition coefficient (Wildman–Crippen LogP) is 4.51. The van der Waals surface area contributed by atoms with Crippen molar-refractivity contribution in [2.24, 2.45) is 0 Å². The van der Waals surface area contributed by atoms with E-state index in [-0.39, 0.29) is 11.3 Å². The standard InChI is InChI=1S/C27H26N2O6/c1-4-34-20-10-11-21(22(16-20)35-5-2)25(30)23-24(17-12-14-28-15-13-17)29(27(32)26(23)31)18-6-8-19(33-3)9-7-18/h6-16,24,30H,4-5H2,1-3H3/b25-23-. The number of nitrogens with zero attached hydrogens (tertiary/aromatic N) is 2. The first-order valence-corrected chi connectivity index (χ1v) is 11.2. The van der Waals surface area contributed by atoms with Crippen LogP contribution in [-0.2, 0) is 9.59 Å². The van der Waals surface area contributed by atoms with E-state index in [1.54, 1.807) is 74.1 Å². The molecule has 1 atom stereocenters. The number of ether oxygens (including phenoxy) is 3. The third kappa shape index (κ3) is 4.55. The van der Waals surface area contributed by atoms with Gasteiger partial charge in [0.2, 0.25) is 0 Å². The van der Waals surface area contributed by atoms with E-state index in [0.717, 1.165) is 0 Å². The molecule has 1 aliphatic heterocycles. The molecule has 0 radical (unpaired) electrons. The maximum Gasteiger partial charge on any atom is 0.300 e. The van der Waals surface area contributed by atoms with Crippen LogP contribution in [-0.4, -0.2) is 42.1 Å². The number of Topliss-reactive ketones (excluding diaryl/α,β-unsaturated/α-hetero) is 1. The van der Waals surface area contributed by atoms with Crippen LogP contribution in [0.4, 0.5) is 5.69 Å². The summed E-state index contributed by atoms with van der Waals surface area (Å²) >= 11 is 0. The zero-order valence-corrected chi connectivity index (χ0v) is 19.7. The molecule has 8 heteroatoms. The zero-order chi connectivity index (χ0) is 24.9. The average molecular weight is 475 g/mol. The molecule has 35 heavy (non-hydrogen) atoms. The SMILES string of the molecule is CCOc1ccc(/C(O)=C2/C(=O)C(=O)N(c3ccc(OC)cc3)C2c2ccncc2)c(OCC)c1. The Bertz CT molecular complexity index is 1250. The van der Waals surface area contributed by atoms with Gasteiger partial charge in [-0.3, -0.25) is 19.5 Å². The lowest BCUT2D eigenvalue weighted by Crippen LogP contribution is -2.29. The average Bonchev–Trinajstić information content (AvgIpc) is 3.15. The molecule has 2 aromatic carbocycles. The molecule has 0 aliphatic carbocycles. The molecular weight excluding hydrogens is 448 g/mol. The van der Waals surface area contributed by atoms with Gasteiger partial charge in [-0.25, -0.2) is 0 Å². The molecule has 1 saturated heterocycles. The molecule has 1 N–H and O–H groups in total. The van der Waals surface area contributed by atoms with Crippen molar-refractivity contribution in [3.8, 4) is 17.2 Å². The van der Waals surface area contributed by atoms with Crippen molar-refractivity contribution in [3.63, 3.8) is 0 Å². The van der Waals surface area contributed by atoms with Crippen LogP contribution in [0.25, 0.3) is 5.76 Å². The van der Waals surface area contributed by atoms with Crippen molar-refractivity contribution in [3.05, 3.63) is 83.7 Å². The Balaban J connectivity index is 1.91. The molecule has 1 aromatic heterocycles. The number of anilines is 1. The van der Waals surface area contributed by atoms with Gasteiger partial charge in [-0.1, -0.05) is 0 Å². The number of hydrogen-bond donors (Lipinski definition) is 1. The summed E-state index contributed by atoms with van der Waals surface area (Å²) < 4.78 is 16.5. The monoisotopic (exact) mass is 474 g/mol. The third-order valence-corrected chi connectivity index (χ3v) is 5.64. The fourth-order valence-electron chi connectivity index (χ4n) is 4.08. The van der Waals surface area contributed by atoms with Gasteiger partial charge in [-0.05, 0) is 67.9 Å². The van der Waals surface area contributed by atoms with Crippen molar-refractivity contribution in [2.75, 3.05) is 25.2 Å². The Kier molecular flexibility index (Phi) is 7.01. The van der Waals surface area contributed by atoms with Gasteiger partial charge in [0.15, 0.2) is 0 Å². The van der Waals surface area contributed by atoms with Gasteiger partial charge in [0, 0.05) is 24.1 Å². The van der Waals surface area contributed by atoms with Crippen molar-refractivity contribution < 1.29 is 28.9 Å². The number of benzene rings is 2. The maximum atomic E-state index is 13.3. The topological polar surface area (TPSA) is 98.2 Å². The molecule has 1 amide bonds. The van der Waals surface area contributed by atoms with Crippen molar-refractivity contribution >= 4 is 23.1 Å². The predicted molar refractivity (Wildman–Crippen MR) is 131 cm³/mol. The molecule has 3 aromatic rings. The number of amides is 1. The molecular formula is C27H26N2O6. The second-order valence-electron chi connectivity index (χ2n) is 7.67. The molecule has 4 rings (SSSR count). The van der Waals surface area contributed by atoms with Gasteiger partial charge in [0.1, 0.15) is 23.0 Å². The Morgan fingerprint density at radius 1 is 0.943 bits per heavy atom. The first-order valence-electron chi connectivity index (χ1n) is 11.2. The minimum Gasteiger partial charge on any atom is -0.507 e. The van der Waals surface area contributed by atoms with Gasteiger partial charge < -0.3 is 19.3 Å². The summed E-state index contributed by atoms with van der Waals surface area (Å²) in [5.41, 5.74) is 1.37. The van der Waals surface area contributed by atoms with E-state index in [9.17, 15) is 14.7 Å². The van der Waals surface area contributed by atoms with E-state index in [1.165, 1.54) is 4.90 Å². The molecule has 0 spiro atoms. The van der Waals surface area contributed by atoms with Gasteiger partial charge in [-0.15, -0.1) is 0 Å². The van der Waals surface area contributed by atoms with E-state index >= 15 is 0 Å². The number of aliphatic hydroxyl groups is 1. The van der Waals surface area contributed by atoms with Crippen LogP contribution in [0, 0.1) is 0 Å². The third-order valence-electron chi connectivity index (χ3n) is 5.64. The van der Waals surface area contributed by atoms with Crippen LogP contribution >= 0.6 is 0 Å². The summed E-state index contributed by atoms with van der Waals surface area (Å²) in [6.07, 6.45) is 3.15. The second kappa shape index (κ2) is 10.3. The summed E-state index contributed by atoms with van der Waals surface area (Å²) in [6.45, 7) is 4.48. The molecule has 1 aliphatic rings. The summed E-state index contributed by atoms with van der Waals surface area (Å²) in [7, 11) is 1.55. The quantitative estimate of drug-likeness (QED) is 0.291. The Hall–Kier alpha value is -4.33. The van der Waals surface area contributed by atoms with Gasteiger partial charge in [0.25, 0.3) is 11.7 Å². The van der Waals surface area contributed by atoms with Crippen LogP contribution in [0.15, 0.2) is 72.6 Å². The number of aromatic nitrogens is 1. The van der Waals surface area contributed by atoms with Crippen LogP contribution in [0.1, 0.15) is 31.0 Å². The first-order chi connectivity index (χ1) is 17.0. The summed E-state index contributed by atoms with van der Waals surface area (Å²) in [5, 5.41) is 11.4. The van der Waals surface area contributed by atoms with E-state index in [2.05, 4.69) is 4.98 Å². The zero-order valence-electron chi connectivity index (χ0n) is 19.7. The fraction of sp³-hybridized carbons (Fsp3) is 0.222. The molecule has 180 valence electrons. The summed E-state index contributed by atoms with van der Waals surface area (Å²) in [5.74, 6) is -0.343. The lowest BCUT2D eigenvalue weighted by molar-refractivity contribution is -0.132. The van der Waals surface area contributed by atoms with Crippen molar-refractivity contribution in [1.82, 2.24) is 4.98 Å². The number of carbonyl (C=O) groups excluding carboxylic acids is 2. The number of hydrogen-bond acceptors (Lipinski definition) is 7. The minimum absolute atomic E-state index is 0.0397. The molecule has 1 fully saturated rings. The van der Waals surface area contributed by atoms with E-state index in [4.69, 9.17) is 14.2 Å². The highest BCUT2D eigenvalue weighted by molar-refractivity contribution is 6.51. The highest BCUT2D eigenvalue weighted by atomic mass is 16.5. The molecule has 2 heterocycles. The first kappa shape index (κ1) is 23.8. The van der Waals surface area contributed by atoms with Crippen LogP contribution in [0.5, 0.6) is 17.2 Å². The molecule has 0 saturated carbocycles. The minimum atomic E-state index is -0.868. The molecule has 1 unspecified atom stereocenters. The molecule has 8 nitrogen and oxygen atoms in total. The van der Waals surface area contributed by atoms with Crippen LogP contribution < -0.4 is 19.1 Å². The summed E-state index contributed by atoms with van der Waals surface area (Å²) in [6, 6.07) is 14.3. The van der Waals surface area contributed by atoms with Crippen molar-refractivity contribution in [2.45, 2.75) is 19.9 Å². The number of carbonyl (C=O) groups is 2. The van der Waals surface area contributed by atoms with Gasteiger partial charge >= 0.3 is 0 Å². The summed E-state index contributed by atoms with van der Waals surface area (Å²) in [4.78, 5) is 32.0. The number of aliphatic hydroxyl groups excluding tert-OH is 1. The maximum absolute atomic E-state index is 13.3. The fourth-order valence-corrected chi connectivity index (χ4v) is 4.08. The molecule has 0 bridgehead atoms. The Labute approximate surface area is 203 Å². The van der Waals surface area contributed by atoms with Crippen LogP contribution in [0.3, 0.4) is 0 Å².